The van der Waals surface area contributed by atoms with E-state index >= 15 is 0 Å². The van der Waals surface area contributed by atoms with Crippen LogP contribution in [0.2, 0.25) is 0 Å². The van der Waals surface area contributed by atoms with E-state index < -0.39 is 5.97 Å². The van der Waals surface area contributed by atoms with Crippen molar-refractivity contribution in [1.29, 1.82) is 0 Å². The van der Waals surface area contributed by atoms with Crippen molar-refractivity contribution < 1.29 is 24.1 Å². The highest BCUT2D eigenvalue weighted by atomic mass is 16.5. The number of carbonyl (C=O) groups is 1. The SMILES string of the molecule is CCCCCCC=COc1cc(C(=O)O)cc(OC=CCCCCCC)c1OC=CCCCCCC. The van der Waals surface area contributed by atoms with Crippen molar-refractivity contribution in [3.8, 4) is 17.2 Å². The molecule has 1 aromatic rings. The van der Waals surface area contributed by atoms with Gasteiger partial charge in [0.25, 0.3) is 0 Å². The van der Waals surface area contributed by atoms with Crippen LogP contribution in [-0.4, -0.2) is 11.1 Å². The van der Waals surface area contributed by atoms with Crippen LogP contribution >= 0.6 is 0 Å². The lowest BCUT2D eigenvalue weighted by Gasteiger charge is -2.13. The summed E-state index contributed by atoms with van der Waals surface area (Å²) in [5.41, 5.74) is 0.0867. The van der Waals surface area contributed by atoms with Gasteiger partial charge in [-0.25, -0.2) is 4.79 Å². The lowest BCUT2D eigenvalue weighted by atomic mass is 10.1. The average molecular weight is 501 g/mol. The van der Waals surface area contributed by atoms with Crippen LogP contribution in [0.15, 0.2) is 49.1 Å². The molecule has 0 aliphatic heterocycles. The maximum absolute atomic E-state index is 11.8. The molecule has 0 aliphatic rings. The second-order valence-electron chi connectivity index (χ2n) is 9.12. The van der Waals surface area contributed by atoms with Crippen LogP contribution in [0.5, 0.6) is 17.2 Å². The molecule has 0 aliphatic carbocycles. The van der Waals surface area contributed by atoms with Gasteiger partial charge in [0.2, 0.25) is 5.75 Å². The predicted molar refractivity (Wildman–Crippen MR) is 149 cm³/mol. The molecule has 0 heterocycles. The first kappa shape index (κ1) is 31.3. The number of hydrogen-bond acceptors (Lipinski definition) is 4. The first-order chi connectivity index (χ1) is 17.6. The zero-order valence-electron chi connectivity index (χ0n) is 22.8. The molecule has 5 heteroatoms. The molecule has 1 aromatic carbocycles. The molecule has 0 spiro atoms. The number of ether oxygens (including phenoxy) is 3. The summed E-state index contributed by atoms with van der Waals surface area (Å²) in [7, 11) is 0. The van der Waals surface area contributed by atoms with Crippen molar-refractivity contribution >= 4 is 5.97 Å². The van der Waals surface area contributed by atoms with Crippen LogP contribution in [0, 0.1) is 0 Å². The number of allylic oxidation sites excluding steroid dienone is 3. The fourth-order valence-corrected chi connectivity index (χ4v) is 3.62. The van der Waals surface area contributed by atoms with Gasteiger partial charge in [-0.15, -0.1) is 0 Å². The molecule has 0 radical (unpaired) electrons. The molecule has 36 heavy (non-hydrogen) atoms. The van der Waals surface area contributed by atoms with Gasteiger partial charge in [-0.1, -0.05) is 78.6 Å². The molecule has 5 nitrogen and oxygen atoms in total. The third-order valence-electron chi connectivity index (χ3n) is 5.81. The molecule has 0 atom stereocenters. The summed E-state index contributed by atoms with van der Waals surface area (Å²) in [4.78, 5) is 11.8. The van der Waals surface area contributed by atoms with Crippen molar-refractivity contribution in [2.24, 2.45) is 0 Å². The van der Waals surface area contributed by atoms with Crippen LogP contribution in [0.25, 0.3) is 0 Å². The topological polar surface area (TPSA) is 65.0 Å². The monoisotopic (exact) mass is 500 g/mol. The van der Waals surface area contributed by atoms with E-state index in [1.54, 1.807) is 18.8 Å². The minimum atomic E-state index is -1.05. The zero-order chi connectivity index (χ0) is 26.3. The third-order valence-corrected chi connectivity index (χ3v) is 5.81. The lowest BCUT2D eigenvalue weighted by Crippen LogP contribution is -2.01. The third kappa shape index (κ3) is 14.7. The molecule has 0 aromatic heterocycles. The summed E-state index contributed by atoms with van der Waals surface area (Å²) in [6, 6.07) is 2.96. The number of benzene rings is 1. The first-order valence-corrected chi connectivity index (χ1v) is 14.0. The molecule has 0 bridgehead atoms. The molecule has 202 valence electrons. The van der Waals surface area contributed by atoms with Crippen LogP contribution in [-0.2, 0) is 0 Å². The van der Waals surface area contributed by atoms with Crippen molar-refractivity contribution in [2.75, 3.05) is 0 Å². The lowest BCUT2D eigenvalue weighted by molar-refractivity contribution is 0.0696. The van der Waals surface area contributed by atoms with E-state index in [0.29, 0.717) is 17.2 Å². The van der Waals surface area contributed by atoms with Crippen LogP contribution in [0.1, 0.15) is 127 Å². The Morgan fingerprint density at radius 1 is 0.639 bits per heavy atom. The summed E-state index contributed by atoms with van der Waals surface area (Å²) < 4.78 is 17.6. The van der Waals surface area contributed by atoms with Crippen molar-refractivity contribution in [3.63, 3.8) is 0 Å². The van der Waals surface area contributed by atoms with E-state index in [4.69, 9.17) is 14.2 Å². The Hall–Kier alpha value is -2.69. The first-order valence-electron chi connectivity index (χ1n) is 14.0. The van der Waals surface area contributed by atoms with E-state index in [1.807, 2.05) is 18.2 Å². The number of rotatable bonds is 22. The number of aromatic carboxylic acids is 1. The fraction of sp³-hybridized carbons (Fsp3) is 0.581. The number of carboxylic acid groups (broad SMARTS) is 1. The van der Waals surface area contributed by atoms with Gasteiger partial charge in [0, 0.05) is 0 Å². The summed E-state index contributed by atoms with van der Waals surface area (Å²) >= 11 is 0. The number of hydrogen-bond donors (Lipinski definition) is 1. The van der Waals surface area contributed by atoms with Gasteiger partial charge in [0.05, 0.1) is 24.3 Å². The molecular weight excluding hydrogens is 452 g/mol. The Morgan fingerprint density at radius 2 is 1.03 bits per heavy atom. The quantitative estimate of drug-likeness (QED) is 0.127. The Balaban J connectivity index is 2.98. The summed E-state index contributed by atoms with van der Waals surface area (Å²) in [5, 5.41) is 9.62. The Bertz CT molecular complexity index is 749. The second-order valence-corrected chi connectivity index (χ2v) is 9.12. The Labute approximate surface area is 219 Å². The molecule has 0 saturated heterocycles. The van der Waals surface area contributed by atoms with Crippen molar-refractivity contribution in [1.82, 2.24) is 0 Å². The van der Waals surface area contributed by atoms with Gasteiger partial charge in [0.1, 0.15) is 0 Å². The van der Waals surface area contributed by atoms with E-state index in [-0.39, 0.29) is 5.56 Å². The minimum absolute atomic E-state index is 0.0867. The standard InChI is InChI=1S/C31H48O5/c1-4-7-10-13-16-19-22-34-28-25-27(31(32)33)26-29(35-23-20-17-14-11-8-5-2)30(28)36-24-21-18-15-12-9-6-3/h19-26H,4-18H2,1-3H3,(H,32,33). The molecule has 0 fully saturated rings. The maximum atomic E-state index is 11.8. The Kier molecular flexibility index (Phi) is 18.8. The number of unbranched alkanes of at least 4 members (excludes halogenated alkanes) is 12. The molecule has 0 unspecified atom stereocenters. The van der Waals surface area contributed by atoms with Crippen LogP contribution in [0.4, 0.5) is 0 Å². The minimum Gasteiger partial charge on any atom is -0.478 e. The van der Waals surface area contributed by atoms with Gasteiger partial charge in [-0.2, -0.15) is 0 Å². The largest absolute Gasteiger partial charge is 0.478 e. The van der Waals surface area contributed by atoms with Crippen LogP contribution in [0.3, 0.4) is 0 Å². The molecule has 0 amide bonds. The van der Waals surface area contributed by atoms with E-state index in [0.717, 1.165) is 38.5 Å². The van der Waals surface area contributed by atoms with E-state index in [2.05, 4.69) is 20.8 Å². The normalized spacial score (nSPS) is 11.6. The fourth-order valence-electron chi connectivity index (χ4n) is 3.62. The highest BCUT2D eigenvalue weighted by Crippen LogP contribution is 2.39. The summed E-state index contributed by atoms with van der Waals surface area (Å²) in [5.74, 6) is -0.0331. The van der Waals surface area contributed by atoms with Crippen molar-refractivity contribution in [3.05, 3.63) is 54.7 Å². The van der Waals surface area contributed by atoms with Crippen molar-refractivity contribution in [2.45, 2.75) is 117 Å². The van der Waals surface area contributed by atoms with E-state index in [1.165, 1.54) is 69.9 Å². The van der Waals surface area contributed by atoms with Gasteiger partial charge in [-0.3, -0.25) is 0 Å². The maximum Gasteiger partial charge on any atom is 0.335 e. The summed E-state index contributed by atoms with van der Waals surface area (Å²) in [6.07, 6.45) is 27.7. The van der Waals surface area contributed by atoms with E-state index in [9.17, 15) is 9.90 Å². The predicted octanol–water partition coefficient (Wildman–Crippen LogP) is 9.97. The highest BCUT2D eigenvalue weighted by Gasteiger charge is 2.17. The van der Waals surface area contributed by atoms with Crippen LogP contribution < -0.4 is 14.2 Å². The zero-order valence-corrected chi connectivity index (χ0v) is 22.8. The number of carboxylic acids is 1. The van der Waals surface area contributed by atoms with Gasteiger partial charge >= 0.3 is 5.97 Å². The van der Waals surface area contributed by atoms with Gasteiger partial charge in [-0.05, 0) is 68.9 Å². The van der Waals surface area contributed by atoms with Gasteiger partial charge in [0.15, 0.2) is 11.5 Å². The average Bonchev–Trinajstić information content (AvgIpc) is 2.87. The molecule has 1 rings (SSSR count). The Morgan fingerprint density at radius 3 is 1.39 bits per heavy atom. The second kappa shape index (κ2) is 21.6. The smallest absolute Gasteiger partial charge is 0.335 e. The molecular formula is C31H48O5. The van der Waals surface area contributed by atoms with Gasteiger partial charge < -0.3 is 19.3 Å². The summed E-state index contributed by atoms with van der Waals surface area (Å²) in [6.45, 7) is 6.58. The molecule has 1 N–H and O–H groups in total. The highest BCUT2D eigenvalue weighted by molar-refractivity contribution is 5.89. The molecule has 0 saturated carbocycles.